The van der Waals surface area contributed by atoms with Gasteiger partial charge < -0.3 is 15.9 Å². The Kier molecular flexibility index (Phi) is 6.56. The van der Waals surface area contributed by atoms with E-state index in [0.717, 1.165) is 23.8 Å². The fourth-order valence-corrected chi connectivity index (χ4v) is 4.52. The van der Waals surface area contributed by atoms with E-state index in [4.69, 9.17) is 5.73 Å². The van der Waals surface area contributed by atoms with Crippen LogP contribution in [0, 0.1) is 17.8 Å². The average molecular weight is 346 g/mol. The van der Waals surface area contributed by atoms with Gasteiger partial charge in [0.05, 0.1) is 0 Å². The zero-order valence-corrected chi connectivity index (χ0v) is 16.3. The summed E-state index contributed by atoms with van der Waals surface area (Å²) in [5, 5.41) is 20.3. The van der Waals surface area contributed by atoms with Crippen molar-refractivity contribution in [2.75, 3.05) is 6.54 Å². The van der Waals surface area contributed by atoms with Crippen molar-refractivity contribution in [3.63, 3.8) is 0 Å². The molecule has 140 valence electrons. The second kappa shape index (κ2) is 8.27. The third-order valence-electron chi connectivity index (χ3n) is 6.54. The van der Waals surface area contributed by atoms with Gasteiger partial charge in [0, 0.05) is 11.0 Å². The molecule has 1 aliphatic carbocycles. The Bertz CT molecular complexity index is 610. The van der Waals surface area contributed by atoms with Gasteiger partial charge in [0.2, 0.25) is 0 Å². The summed E-state index contributed by atoms with van der Waals surface area (Å²) in [4.78, 5) is 0. The first-order valence-corrected chi connectivity index (χ1v) is 9.73. The molecule has 0 amide bonds. The Morgan fingerprint density at radius 2 is 2.04 bits per heavy atom. The lowest BCUT2D eigenvalue weighted by atomic mass is 9.69. The molecule has 0 bridgehead atoms. The smallest absolute Gasteiger partial charge is 0.161 e. The lowest BCUT2D eigenvalue weighted by Crippen LogP contribution is -2.29. The number of para-hydroxylation sites is 1. The minimum absolute atomic E-state index is 0.0186. The van der Waals surface area contributed by atoms with Gasteiger partial charge in [-0.15, -0.1) is 0 Å². The van der Waals surface area contributed by atoms with Crippen molar-refractivity contribution < 1.29 is 10.2 Å². The topological polar surface area (TPSA) is 66.5 Å². The fourth-order valence-electron chi connectivity index (χ4n) is 4.52. The van der Waals surface area contributed by atoms with E-state index in [1.165, 1.54) is 37.3 Å². The van der Waals surface area contributed by atoms with Crippen LogP contribution in [0.15, 0.2) is 29.8 Å². The minimum Gasteiger partial charge on any atom is -0.504 e. The molecular formula is C22H35NO2. The molecule has 3 nitrogen and oxygen atoms in total. The van der Waals surface area contributed by atoms with Gasteiger partial charge in [-0.2, -0.15) is 0 Å². The molecule has 4 unspecified atom stereocenters. The first-order valence-electron chi connectivity index (χ1n) is 9.73. The monoisotopic (exact) mass is 345 g/mol. The number of aromatic hydroxyl groups is 2. The van der Waals surface area contributed by atoms with Gasteiger partial charge >= 0.3 is 0 Å². The van der Waals surface area contributed by atoms with Crippen LogP contribution in [0.4, 0.5) is 0 Å². The molecule has 4 N–H and O–H groups in total. The molecular weight excluding hydrogens is 310 g/mol. The maximum Gasteiger partial charge on any atom is 0.161 e. The molecule has 0 aliphatic heterocycles. The normalized spacial score (nSPS) is 27.1. The molecule has 1 saturated carbocycles. The molecule has 4 atom stereocenters. The predicted molar refractivity (Wildman–Crippen MR) is 105 cm³/mol. The Hall–Kier alpha value is -1.48. The van der Waals surface area contributed by atoms with E-state index in [2.05, 4.69) is 33.8 Å². The SMILES string of the molecule is CCC1CC(/C=C(\C)C(C)(CCN)c2cccc(O)c2O)CCC1C. The Labute approximate surface area is 153 Å². The van der Waals surface area contributed by atoms with Gasteiger partial charge in [-0.1, -0.05) is 51.0 Å². The summed E-state index contributed by atoms with van der Waals surface area (Å²) in [5.74, 6) is 2.14. The lowest BCUT2D eigenvalue weighted by molar-refractivity contribution is 0.212. The van der Waals surface area contributed by atoms with Gasteiger partial charge in [0.1, 0.15) is 0 Å². The van der Waals surface area contributed by atoms with E-state index < -0.39 is 0 Å². The molecule has 2 rings (SSSR count). The van der Waals surface area contributed by atoms with Gasteiger partial charge in [0.25, 0.3) is 0 Å². The van der Waals surface area contributed by atoms with Crippen molar-refractivity contribution in [2.24, 2.45) is 23.5 Å². The number of allylic oxidation sites excluding steroid dienone is 2. The second-order valence-electron chi connectivity index (χ2n) is 8.11. The van der Waals surface area contributed by atoms with Crippen molar-refractivity contribution in [3.8, 4) is 11.5 Å². The lowest BCUT2D eigenvalue weighted by Gasteiger charge is -2.36. The predicted octanol–water partition coefficient (Wildman–Crippen LogP) is 5.11. The third kappa shape index (κ3) is 4.20. The maximum atomic E-state index is 10.4. The molecule has 1 fully saturated rings. The van der Waals surface area contributed by atoms with Crippen molar-refractivity contribution >= 4 is 0 Å². The maximum absolute atomic E-state index is 10.4. The van der Waals surface area contributed by atoms with E-state index in [1.807, 2.05) is 6.07 Å². The summed E-state index contributed by atoms with van der Waals surface area (Å²) in [6.07, 6.45) is 8.18. The number of phenols is 2. The quantitative estimate of drug-likeness (QED) is 0.495. The highest BCUT2D eigenvalue weighted by Crippen LogP contribution is 2.44. The Morgan fingerprint density at radius 1 is 1.32 bits per heavy atom. The fraction of sp³-hybridized carbons (Fsp3) is 0.636. The number of phenolic OH excluding ortho intramolecular Hbond substituents is 2. The molecule has 0 spiro atoms. The molecule has 1 aromatic rings. The molecule has 1 aliphatic rings. The first kappa shape index (κ1) is 19.8. The summed E-state index contributed by atoms with van der Waals surface area (Å²) in [6, 6.07) is 5.22. The standard InChI is InChI=1S/C22H35NO2/c1-5-18-14-17(10-9-15(18)2)13-16(3)22(4,11-12-23)19-7-6-8-20(24)21(19)25/h6-8,13,15,17-18,24-25H,5,9-12,14,23H2,1-4H3/b16-13+. The number of benzene rings is 1. The molecule has 0 heterocycles. The zero-order chi connectivity index (χ0) is 18.6. The second-order valence-corrected chi connectivity index (χ2v) is 8.11. The highest BCUT2D eigenvalue weighted by Gasteiger charge is 2.33. The van der Waals surface area contributed by atoms with Gasteiger partial charge in [-0.3, -0.25) is 0 Å². The van der Waals surface area contributed by atoms with Crippen molar-refractivity contribution in [1.82, 2.24) is 0 Å². The largest absolute Gasteiger partial charge is 0.504 e. The van der Waals surface area contributed by atoms with Crippen LogP contribution in [0.25, 0.3) is 0 Å². The van der Waals surface area contributed by atoms with Crippen LogP contribution in [-0.2, 0) is 5.41 Å². The van der Waals surface area contributed by atoms with Crippen LogP contribution in [0.5, 0.6) is 11.5 Å². The van der Waals surface area contributed by atoms with E-state index >= 15 is 0 Å². The number of hydrogen-bond donors (Lipinski definition) is 3. The van der Waals surface area contributed by atoms with Crippen LogP contribution in [0.3, 0.4) is 0 Å². The molecule has 0 saturated heterocycles. The van der Waals surface area contributed by atoms with Gasteiger partial charge in [-0.05, 0) is 63.0 Å². The molecule has 25 heavy (non-hydrogen) atoms. The summed E-state index contributed by atoms with van der Waals surface area (Å²) >= 11 is 0. The van der Waals surface area contributed by atoms with Crippen molar-refractivity contribution in [1.29, 1.82) is 0 Å². The van der Waals surface area contributed by atoms with Crippen LogP contribution < -0.4 is 5.73 Å². The first-order chi connectivity index (χ1) is 11.8. The average Bonchev–Trinajstić information content (AvgIpc) is 2.59. The zero-order valence-electron chi connectivity index (χ0n) is 16.3. The van der Waals surface area contributed by atoms with E-state index in [0.29, 0.717) is 12.5 Å². The molecule has 1 aromatic carbocycles. The van der Waals surface area contributed by atoms with Crippen LogP contribution in [0.2, 0.25) is 0 Å². The van der Waals surface area contributed by atoms with Crippen molar-refractivity contribution in [2.45, 2.75) is 65.2 Å². The Morgan fingerprint density at radius 3 is 2.68 bits per heavy atom. The Balaban J connectivity index is 2.34. The summed E-state index contributed by atoms with van der Waals surface area (Å²) in [7, 11) is 0. The molecule has 0 radical (unpaired) electrons. The van der Waals surface area contributed by atoms with Gasteiger partial charge in [-0.25, -0.2) is 0 Å². The van der Waals surface area contributed by atoms with Crippen molar-refractivity contribution in [3.05, 3.63) is 35.4 Å². The molecule has 3 heteroatoms. The highest BCUT2D eigenvalue weighted by atomic mass is 16.3. The number of hydrogen-bond acceptors (Lipinski definition) is 3. The third-order valence-corrected chi connectivity index (χ3v) is 6.54. The summed E-state index contributed by atoms with van der Waals surface area (Å²) < 4.78 is 0. The van der Waals surface area contributed by atoms with E-state index in [9.17, 15) is 10.2 Å². The number of rotatable bonds is 6. The summed E-state index contributed by atoms with van der Waals surface area (Å²) in [6.45, 7) is 9.49. The van der Waals surface area contributed by atoms with Crippen LogP contribution >= 0.6 is 0 Å². The minimum atomic E-state index is -0.359. The molecule has 0 aromatic heterocycles. The van der Waals surface area contributed by atoms with Crippen LogP contribution in [0.1, 0.15) is 65.4 Å². The van der Waals surface area contributed by atoms with E-state index in [1.54, 1.807) is 6.07 Å². The van der Waals surface area contributed by atoms with E-state index in [-0.39, 0.29) is 16.9 Å². The highest BCUT2D eigenvalue weighted by molar-refractivity contribution is 5.51. The van der Waals surface area contributed by atoms with Gasteiger partial charge in [0.15, 0.2) is 11.5 Å². The summed E-state index contributed by atoms with van der Waals surface area (Å²) in [5.41, 5.74) is 7.55. The number of nitrogens with two attached hydrogens (primary N) is 1. The van der Waals surface area contributed by atoms with Crippen LogP contribution in [-0.4, -0.2) is 16.8 Å².